The Morgan fingerprint density at radius 3 is 2.37 bits per heavy atom. The Balaban J connectivity index is 1.69. The van der Waals surface area contributed by atoms with E-state index in [0.29, 0.717) is 0 Å². The van der Waals surface area contributed by atoms with Crippen LogP contribution >= 0.6 is 11.6 Å². The molecule has 0 aliphatic carbocycles. The van der Waals surface area contributed by atoms with Crippen LogP contribution in [0.1, 0.15) is 57.7 Å². The molecule has 1 fully saturated rings. The molecule has 0 bridgehead atoms. The Morgan fingerprint density at radius 1 is 1.05 bits per heavy atom. The number of hydrogen-bond donors (Lipinski definition) is 0. The van der Waals surface area contributed by atoms with Gasteiger partial charge in [-0.2, -0.15) is 0 Å². The van der Waals surface area contributed by atoms with Gasteiger partial charge in [0.1, 0.15) is 0 Å². The maximum atomic E-state index is 6.61. The summed E-state index contributed by atoms with van der Waals surface area (Å²) in [6.07, 6.45) is 6.98. The summed E-state index contributed by atoms with van der Waals surface area (Å²) in [6.45, 7) is 27.9. The average Bonchev–Trinajstić information content (AvgIpc) is 2.87. The molecule has 0 atom stereocenters. The smallest absolute Gasteiger partial charge is 0.0668 e. The van der Waals surface area contributed by atoms with E-state index >= 15 is 0 Å². The first kappa shape index (κ1) is 30.1. The molecule has 0 saturated carbocycles. The maximum Gasteiger partial charge on any atom is 0.0668 e. The van der Waals surface area contributed by atoms with E-state index in [1.165, 1.54) is 22.4 Å². The Bertz CT molecular complexity index is 1150. The molecule has 3 nitrogen and oxygen atoms in total. The van der Waals surface area contributed by atoms with Gasteiger partial charge in [0, 0.05) is 52.0 Å². The van der Waals surface area contributed by atoms with E-state index in [9.17, 15) is 0 Å². The normalized spacial score (nSPS) is 15.2. The van der Waals surface area contributed by atoms with Crippen LogP contribution in [0, 0.1) is 17.8 Å². The van der Waals surface area contributed by atoms with Crippen LogP contribution in [0.3, 0.4) is 0 Å². The van der Waals surface area contributed by atoms with E-state index in [2.05, 4.69) is 119 Å². The molecular formula is C34H48ClN3. The van der Waals surface area contributed by atoms with E-state index in [-0.39, 0.29) is 10.8 Å². The molecule has 1 heterocycles. The Labute approximate surface area is 237 Å². The zero-order valence-electron chi connectivity index (χ0n) is 24.8. The highest BCUT2D eigenvalue weighted by Crippen LogP contribution is 2.44. The van der Waals surface area contributed by atoms with Gasteiger partial charge in [-0.15, -0.1) is 0 Å². The molecule has 38 heavy (non-hydrogen) atoms. The van der Waals surface area contributed by atoms with Crippen molar-refractivity contribution in [2.24, 2.45) is 10.8 Å². The van der Waals surface area contributed by atoms with Crippen molar-refractivity contribution >= 4 is 29.1 Å². The molecule has 0 N–H and O–H groups in total. The second-order valence-electron chi connectivity index (χ2n) is 12.3. The highest BCUT2D eigenvalue weighted by molar-refractivity contribution is 6.34. The molecule has 1 saturated heterocycles. The predicted octanol–water partition coefficient (Wildman–Crippen LogP) is 8.62. The van der Waals surface area contributed by atoms with E-state index in [1.54, 1.807) is 0 Å². The number of nitrogens with zero attached hydrogens (tertiary/aromatic N) is 3. The number of rotatable bonds is 10. The van der Waals surface area contributed by atoms with Gasteiger partial charge in [0.15, 0.2) is 0 Å². The van der Waals surface area contributed by atoms with Crippen LogP contribution < -0.4 is 9.80 Å². The molecule has 1 aliphatic rings. The predicted molar refractivity (Wildman–Crippen MR) is 170 cm³/mol. The summed E-state index contributed by atoms with van der Waals surface area (Å²) in [6, 6.07) is 13.2. The number of piperazine rings is 1. The third-order valence-corrected chi connectivity index (χ3v) is 9.21. The Kier molecular flexibility index (Phi) is 9.95. The van der Waals surface area contributed by atoms with Gasteiger partial charge in [0.05, 0.1) is 10.7 Å². The van der Waals surface area contributed by atoms with Crippen LogP contribution in [0.2, 0.25) is 5.02 Å². The summed E-state index contributed by atoms with van der Waals surface area (Å²) in [4.78, 5) is 7.35. The highest BCUT2D eigenvalue weighted by Gasteiger charge is 2.34. The summed E-state index contributed by atoms with van der Waals surface area (Å²) in [5, 5.41) is 0.880. The topological polar surface area (TPSA) is 9.72 Å². The fourth-order valence-corrected chi connectivity index (χ4v) is 5.12. The van der Waals surface area contributed by atoms with Crippen LogP contribution in [-0.4, -0.2) is 44.7 Å². The molecule has 0 radical (unpaired) electrons. The molecule has 3 rings (SSSR count). The van der Waals surface area contributed by atoms with Crippen molar-refractivity contribution in [1.29, 1.82) is 0 Å². The molecule has 0 amide bonds. The molecule has 206 valence electrons. The monoisotopic (exact) mass is 533 g/mol. The number of anilines is 2. The van der Waals surface area contributed by atoms with Crippen molar-refractivity contribution in [3.8, 4) is 0 Å². The molecule has 0 spiro atoms. The lowest BCUT2D eigenvalue weighted by atomic mass is 9.64. The molecular weight excluding hydrogens is 486 g/mol. The number of aryl methyl sites for hydroxylation is 1. The first-order chi connectivity index (χ1) is 17.8. The fourth-order valence-electron chi connectivity index (χ4n) is 4.88. The number of allylic oxidation sites excluding steroid dienone is 2. The van der Waals surface area contributed by atoms with Crippen molar-refractivity contribution in [1.82, 2.24) is 4.90 Å². The van der Waals surface area contributed by atoms with Gasteiger partial charge in [-0.1, -0.05) is 107 Å². The quantitative estimate of drug-likeness (QED) is 0.223. The first-order valence-electron chi connectivity index (χ1n) is 13.9. The molecule has 0 unspecified atom stereocenters. The molecule has 0 aromatic heterocycles. The summed E-state index contributed by atoms with van der Waals surface area (Å²) < 4.78 is 0. The van der Waals surface area contributed by atoms with Gasteiger partial charge in [0.2, 0.25) is 0 Å². The first-order valence-corrected chi connectivity index (χ1v) is 14.3. The summed E-state index contributed by atoms with van der Waals surface area (Å²) in [5.41, 5.74) is 7.68. The Morgan fingerprint density at radius 2 is 1.74 bits per heavy atom. The SMILES string of the molecule is C=C/C=C\c1ccc(CN2CCN(c3cccc(C)c3Cl)CC2)cc1N(C)CCC(=C)C(C)(C)C(C)(C)C. The molecule has 4 heteroatoms. The average molecular weight is 534 g/mol. The zero-order valence-corrected chi connectivity index (χ0v) is 25.5. The van der Waals surface area contributed by atoms with Crippen molar-refractivity contribution in [2.75, 3.05) is 49.6 Å². The minimum Gasteiger partial charge on any atom is -0.374 e. The van der Waals surface area contributed by atoms with Gasteiger partial charge in [0.25, 0.3) is 0 Å². The Hall–Kier alpha value is -2.49. The second-order valence-corrected chi connectivity index (χ2v) is 12.7. The largest absolute Gasteiger partial charge is 0.374 e. The summed E-state index contributed by atoms with van der Waals surface area (Å²) in [5.74, 6) is 0. The van der Waals surface area contributed by atoms with Crippen molar-refractivity contribution in [2.45, 2.75) is 54.5 Å². The number of halogens is 1. The van der Waals surface area contributed by atoms with Gasteiger partial charge in [-0.25, -0.2) is 0 Å². The van der Waals surface area contributed by atoms with Gasteiger partial charge < -0.3 is 9.80 Å². The van der Waals surface area contributed by atoms with E-state index in [0.717, 1.165) is 62.0 Å². The maximum absolute atomic E-state index is 6.61. The van der Waals surface area contributed by atoms with Crippen molar-refractivity contribution in [3.63, 3.8) is 0 Å². The van der Waals surface area contributed by atoms with Gasteiger partial charge in [-0.05, 0) is 53.0 Å². The summed E-state index contributed by atoms with van der Waals surface area (Å²) >= 11 is 6.61. The molecule has 2 aromatic rings. The lowest BCUT2D eigenvalue weighted by Crippen LogP contribution is -2.46. The van der Waals surface area contributed by atoms with Crippen LogP contribution in [0.25, 0.3) is 6.08 Å². The number of benzene rings is 2. The molecule has 1 aliphatic heterocycles. The number of hydrogen-bond acceptors (Lipinski definition) is 3. The van der Waals surface area contributed by atoms with Crippen LogP contribution in [-0.2, 0) is 6.54 Å². The van der Waals surface area contributed by atoms with E-state index < -0.39 is 0 Å². The van der Waals surface area contributed by atoms with Crippen molar-refractivity contribution < 1.29 is 0 Å². The summed E-state index contributed by atoms with van der Waals surface area (Å²) in [7, 11) is 2.20. The van der Waals surface area contributed by atoms with Crippen LogP contribution in [0.4, 0.5) is 11.4 Å². The minimum atomic E-state index is 0.0755. The third-order valence-electron chi connectivity index (χ3n) is 8.72. The van der Waals surface area contributed by atoms with Gasteiger partial charge >= 0.3 is 0 Å². The van der Waals surface area contributed by atoms with E-state index in [4.69, 9.17) is 11.6 Å². The zero-order chi connectivity index (χ0) is 28.1. The van der Waals surface area contributed by atoms with Crippen molar-refractivity contribution in [3.05, 3.63) is 89.0 Å². The van der Waals surface area contributed by atoms with Crippen LogP contribution in [0.15, 0.2) is 67.3 Å². The van der Waals surface area contributed by atoms with E-state index in [1.807, 2.05) is 12.2 Å². The lowest BCUT2D eigenvalue weighted by molar-refractivity contribution is 0.173. The molecule has 2 aromatic carbocycles. The lowest BCUT2D eigenvalue weighted by Gasteiger charge is -2.41. The standard InChI is InChI=1S/C34H48ClN3/c1-10-11-14-29-17-16-28(24-31(29)36(9)19-18-27(3)34(7,8)33(4,5)6)25-37-20-22-38(23-21-37)30-15-12-13-26(2)32(30)35/h10-17,24H,1,3,18-23,25H2,2,4-9H3/b14-11-. The second kappa shape index (κ2) is 12.6. The highest BCUT2D eigenvalue weighted by atomic mass is 35.5. The van der Waals surface area contributed by atoms with Gasteiger partial charge in [-0.3, -0.25) is 4.90 Å². The minimum absolute atomic E-state index is 0.0755. The van der Waals surface area contributed by atoms with Crippen LogP contribution in [0.5, 0.6) is 0 Å². The fraction of sp³-hybridized carbons (Fsp3) is 0.471. The third kappa shape index (κ3) is 7.12.